The predicted molar refractivity (Wildman–Crippen MR) is 145 cm³/mol. The molecule has 2 fully saturated rings. The maximum atomic E-state index is 13.3. The van der Waals surface area contributed by atoms with Gasteiger partial charge in [0.2, 0.25) is 5.91 Å². The summed E-state index contributed by atoms with van der Waals surface area (Å²) in [6.45, 7) is 7.68. The summed E-state index contributed by atoms with van der Waals surface area (Å²) in [7, 11) is 0. The van der Waals surface area contributed by atoms with Gasteiger partial charge in [-0.05, 0) is 72.4 Å². The molecule has 0 N–H and O–H groups in total. The molecule has 4 nitrogen and oxygen atoms in total. The Kier molecular flexibility index (Phi) is 6.89. The van der Waals surface area contributed by atoms with Crippen molar-refractivity contribution in [3.8, 4) is 11.1 Å². The lowest BCUT2D eigenvalue weighted by Gasteiger charge is -2.29. The Hall–Kier alpha value is -1.85. The van der Waals surface area contributed by atoms with Crippen molar-refractivity contribution in [2.75, 3.05) is 32.8 Å². The molecule has 2 aromatic rings. The molecular formula is C30H34Cl2N2O2. The minimum atomic E-state index is -0.0303. The molecule has 3 atom stereocenters. The smallest absolute Gasteiger partial charge is 0.226 e. The molecule has 36 heavy (non-hydrogen) atoms. The van der Waals surface area contributed by atoms with Crippen molar-refractivity contribution in [1.29, 1.82) is 0 Å². The van der Waals surface area contributed by atoms with Gasteiger partial charge in [-0.25, -0.2) is 0 Å². The fourth-order valence-corrected chi connectivity index (χ4v) is 7.08. The number of carbonyl (C=O) groups excluding carboxylic acids is 1. The number of ether oxygens (including phenoxy) is 1. The van der Waals surface area contributed by atoms with Crippen LogP contribution in [0, 0.1) is 11.8 Å². The van der Waals surface area contributed by atoms with E-state index >= 15 is 0 Å². The van der Waals surface area contributed by atoms with E-state index in [-0.39, 0.29) is 11.8 Å². The molecule has 0 spiro atoms. The maximum Gasteiger partial charge on any atom is 0.226 e. The van der Waals surface area contributed by atoms with Gasteiger partial charge in [0, 0.05) is 48.2 Å². The second kappa shape index (κ2) is 10.1. The van der Waals surface area contributed by atoms with Crippen LogP contribution in [0.1, 0.15) is 43.7 Å². The Bertz CT molecular complexity index is 1160. The predicted octanol–water partition coefficient (Wildman–Crippen LogP) is 6.38. The minimum absolute atomic E-state index is 0.0303. The standard InChI is InChI=1S/C30H34Cl2N2O2/c1-19-25-7-6-24(17-26(19)25)34-9-8-22(30(34)35)14-27-28(31)15-23(16-29(27)32)21-4-2-20(3-5-21)18-33-10-12-36-13-11-33/h2-5,15-16,19,22,24H,6-14,17-18H2,1H3. The molecule has 4 aliphatic rings. The number of rotatable bonds is 6. The van der Waals surface area contributed by atoms with Gasteiger partial charge in [0.25, 0.3) is 0 Å². The normalized spacial score (nSPS) is 26.5. The highest BCUT2D eigenvalue weighted by Crippen LogP contribution is 2.50. The fourth-order valence-electron chi connectivity index (χ4n) is 6.44. The summed E-state index contributed by atoms with van der Waals surface area (Å²) in [5.41, 5.74) is 7.56. The first kappa shape index (κ1) is 24.5. The number of hydrogen-bond acceptors (Lipinski definition) is 3. The van der Waals surface area contributed by atoms with Crippen molar-refractivity contribution in [3.05, 3.63) is 68.7 Å². The molecule has 0 saturated carbocycles. The second-order valence-electron chi connectivity index (χ2n) is 10.9. The zero-order valence-electron chi connectivity index (χ0n) is 20.9. The lowest BCUT2D eigenvalue weighted by molar-refractivity contribution is -0.133. The lowest BCUT2D eigenvalue weighted by Crippen LogP contribution is -2.38. The average molecular weight is 526 g/mol. The van der Waals surface area contributed by atoms with E-state index in [4.69, 9.17) is 27.9 Å². The van der Waals surface area contributed by atoms with E-state index in [0.29, 0.717) is 28.4 Å². The van der Waals surface area contributed by atoms with E-state index < -0.39 is 0 Å². The van der Waals surface area contributed by atoms with Crippen LogP contribution < -0.4 is 0 Å². The summed E-state index contributed by atoms with van der Waals surface area (Å²) in [6.07, 6.45) is 4.86. The van der Waals surface area contributed by atoms with Crippen LogP contribution in [0.2, 0.25) is 10.0 Å². The summed E-state index contributed by atoms with van der Waals surface area (Å²) >= 11 is 13.5. The van der Waals surface area contributed by atoms with Crippen LogP contribution in [0.4, 0.5) is 0 Å². The van der Waals surface area contributed by atoms with Gasteiger partial charge in [0.05, 0.1) is 13.2 Å². The number of allylic oxidation sites excluding steroid dienone is 1. The van der Waals surface area contributed by atoms with Gasteiger partial charge in [-0.2, -0.15) is 0 Å². The highest BCUT2D eigenvalue weighted by molar-refractivity contribution is 6.36. The highest BCUT2D eigenvalue weighted by Gasteiger charge is 2.43. The number of amides is 1. The first-order chi connectivity index (χ1) is 17.5. The Balaban J connectivity index is 1.11. The Morgan fingerprint density at radius 1 is 0.944 bits per heavy atom. The van der Waals surface area contributed by atoms with Crippen LogP contribution >= 0.6 is 23.2 Å². The first-order valence-corrected chi connectivity index (χ1v) is 14.1. The van der Waals surface area contributed by atoms with Gasteiger partial charge < -0.3 is 9.64 Å². The third-order valence-corrected chi connectivity index (χ3v) is 9.43. The van der Waals surface area contributed by atoms with E-state index in [0.717, 1.165) is 75.3 Å². The molecule has 3 unspecified atom stereocenters. The summed E-state index contributed by atoms with van der Waals surface area (Å²) in [4.78, 5) is 17.9. The van der Waals surface area contributed by atoms with Crippen LogP contribution in [-0.2, 0) is 22.5 Å². The molecule has 2 aromatic carbocycles. The molecule has 2 aliphatic heterocycles. The van der Waals surface area contributed by atoms with E-state index in [1.807, 2.05) is 12.1 Å². The van der Waals surface area contributed by atoms with Crippen LogP contribution in [0.15, 0.2) is 47.5 Å². The van der Waals surface area contributed by atoms with Gasteiger partial charge in [-0.3, -0.25) is 9.69 Å². The lowest BCUT2D eigenvalue weighted by atomic mass is 9.95. The molecular weight excluding hydrogens is 491 g/mol. The Morgan fingerprint density at radius 3 is 2.36 bits per heavy atom. The average Bonchev–Trinajstić information content (AvgIpc) is 3.38. The van der Waals surface area contributed by atoms with Crippen molar-refractivity contribution in [3.63, 3.8) is 0 Å². The molecule has 2 aliphatic carbocycles. The van der Waals surface area contributed by atoms with Crippen LogP contribution in [0.3, 0.4) is 0 Å². The number of likely N-dealkylation sites (tertiary alicyclic amines) is 1. The SMILES string of the molecule is CC1C2=C1CC(N1CCC(Cc3c(Cl)cc(-c4ccc(CN5CCOCC5)cc4)cc3Cl)C1=O)CC2. The van der Waals surface area contributed by atoms with Gasteiger partial charge in [-0.1, -0.05) is 65.5 Å². The number of hydrogen-bond donors (Lipinski definition) is 0. The third-order valence-electron chi connectivity index (χ3n) is 8.76. The van der Waals surface area contributed by atoms with Gasteiger partial charge in [0.15, 0.2) is 0 Å². The number of morpholine rings is 1. The zero-order chi connectivity index (χ0) is 24.8. The molecule has 1 amide bonds. The topological polar surface area (TPSA) is 32.8 Å². The molecule has 6 heteroatoms. The molecule has 6 rings (SSSR count). The van der Waals surface area contributed by atoms with Crippen molar-refractivity contribution < 1.29 is 9.53 Å². The highest BCUT2D eigenvalue weighted by atomic mass is 35.5. The van der Waals surface area contributed by atoms with Crippen molar-refractivity contribution in [1.82, 2.24) is 9.80 Å². The van der Waals surface area contributed by atoms with Gasteiger partial charge in [-0.15, -0.1) is 0 Å². The summed E-state index contributed by atoms with van der Waals surface area (Å²) in [6, 6.07) is 13.0. The maximum absolute atomic E-state index is 13.3. The molecule has 190 valence electrons. The van der Waals surface area contributed by atoms with E-state index in [2.05, 4.69) is 41.0 Å². The molecule has 0 bridgehead atoms. The Labute approximate surface area is 224 Å². The summed E-state index contributed by atoms with van der Waals surface area (Å²) < 4.78 is 5.45. The number of benzene rings is 2. The van der Waals surface area contributed by atoms with Gasteiger partial charge in [0.1, 0.15) is 0 Å². The van der Waals surface area contributed by atoms with E-state index in [1.54, 1.807) is 11.1 Å². The molecule has 2 heterocycles. The largest absolute Gasteiger partial charge is 0.379 e. The first-order valence-electron chi connectivity index (χ1n) is 13.4. The quantitative estimate of drug-likeness (QED) is 0.410. The van der Waals surface area contributed by atoms with Crippen molar-refractivity contribution in [2.45, 2.75) is 51.6 Å². The van der Waals surface area contributed by atoms with Crippen molar-refractivity contribution in [2.24, 2.45) is 11.8 Å². The summed E-state index contributed by atoms with van der Waals surface area (Å²) in [5, 5.41) is 1.31. The van der Waals surface area contributed by atoms with Crippen LogP contribution in [0.25, 0.3) is 11.1 Å². The number of carbonyl (C=O) groups is 1. The summed E-state index contributed by atoms with van der Waals surface area (Å²) in [5.74, 6) is 0.947. The van der Waals surface area contributed by atoms with Crippen molar-refractivity contribution >= 4 is 29.1 Å². The number of halogens is 2. The van der Waals surface area contributed by atoms with E-state index in [1.165, 1.54) is 12.0 Å². The number of nitrogens with zero attached hydrogens (tertiary/aromatic N) is 2. The van der Waals surface area contributed by atoms with Crippen LogP contribution in [0.5, 0.6) is 0 Å². The second-order valence-corrected chi connectivity index (χ2v) is 11.7. The minimum Gasteiger partial charge on any atom is -0.379 e. The third kappa shape index (κ3) is 4.86. The zero-order valence-corrected chi connectivity index (χ0v) is 22.5. The molecule has 0 radical (unpaired) electrons. The fraction of sp³-hybridized carbons (Fsp3) is 0.500. The monoisotopic (exact) mass is 524 g/mol. The van der Waals surface area contributed by atoms with E-state index in [9.17, 15) is 4.79 Å². The van der Waals surface area contributed by atoms with Gasteiger partial charge >= 0.3 is 0 Å². The Morgan fingerprint density at radius 2 is 1.67 bits per heavy atom. The molecule has 2 saturated heterocycles. The molecule has 0 aromatic heterocycles. The van der Waals surface area contributed by atoms with Crippen LogP contribution in [-0.4, -0.2) is 54.6 Å².